The molecule has 0 amide bonds. The topological polar surface area (TPSA) is 58.0 Å². The molecule has 0 unspecified atom stereocenters. The molecule has 0 radical (unpaired) electrons. The van der Waals surface area contributed by atoms with Crippen LogP contribution in [0.15, 0.2) is 12.4 Å². The third kappa shape index (κ3) is 3.66. The summed E-state index contributed by atoms with van der Waals surface area (Å²) in [7, 11) is 0. The van der Waals surface area contributed by atoms with Crippen molar-refractivity contribution in [2.75, 3.05) is 18.5 Å². The molecule has 0 atom stereocenters. The molecule has 1 aromatic rings. The predicted octanol–water partition coefficient (Wildman–Crippen LogP) is 2.25. The molecule has 0 saturated heterocycles. The van der Waals surface area contributed by atoms with Crippen molar-refractivity contribution < 1.29 is 5.11 Å². The monoisotopic (exact) mass is 237 g/mol. The zero-order valence-electron chi connectivity index (χ0n) is 11.0. The van der Waals surface area contributed by atoms with Crippen LogP contribution in [0, 0.1) is 5.41 Å². The van der Waals surface area contributed by atoms with Gasteiger partial charge >= 0.3 is 0 Å². The van der Waals surface area contributed by atoms with Gasteiger partial charge in [-0.1, -0.05) is 20.8 Å². The van der Waals surface area contributed by atoms with E-state index in [-0.39, 0.29) is 12.0 Å². The van der Waals surface area contributed by atoms with Gasteiger partial charge in [-0.2, -0.15) is 0 Å². The lowest BCUT2D eigenvalue weighted by Crippen LogP contribution is -2.32. The third-order valence-electron chi connectivity index (χ3n) is 3.57. The van der Waals surface area contributed by atoms with Crippen LogP contribution < -0.4 is 5.32 Å². The molecule has 17 heavy (non-hydrogen) atoms. The summed E-state index contributed by atoms with van der Waals surface area (Å²) < 4.78 is 0. The summed E-state index contributed by atoms with van der Waals surface area (Å²) >= 11 is 0. The lowest BCUT2D eigenvalue weighted by Gasteiger charge is -2.29. The average Bonchev–Trinajstić information content (AvgIpc) is 2.41. The molecule has 0 fully saturated rings. The summed E-state index contributed by atoms with van der Waals surface area (Å²) in [6.45, 7) is 7.25. The van der Waals surface area contributed by atoms with Crippen molar-refractivity contribution in [3.8, 4) is 0 Å². The SMILES string of the molecule is CCc1cc(NCC(CC)(CC)CO)ncn1. The predicted molar refractivity (Wildman–Crippen MR) is 70.0 cm³/mol. The number of anilines is 1. The second-order valence-electron chi connectivity index (χ2n) is 4.47. The number of aliphatic hydroxyl groups is 1. The van der Waals surface area contributed by atoms with E-state index in [0.717, 1.165) is 37.3 Å². The molecule has 0 aromatic carbocycles. The number of nitrogens with one attached hydrogen (secondary N) is 1. The molecule has 1 rings (SSSR count). The van der Waals surface area contributed by atoms with Gasteiger partial charge in [0.25, 0.3) is 0 Å². The summed E-state index contributed by atoms with van der Waals surface area (Å²) in [4.78, 5) is 8.35. The van der Waals surface area contributed by atoms with E-state index in [2.05, 4.69) is 36.1 Å². The average molecular weight is 237 g/mol. The van der Waals surface area contributed by atoms with Crippen LogP contribution in [-0.4, -0.2) is 28.2 Å². The quantitative estimate of drug-likeness (QED) is 0.763. The van der Waals surface area contributed by atoms with Crippen molar-refractivity contribution in [2.24, 2.45) is 5.41 Å². The fourth-order valence-electron chi connectivity index (χ4n) is 1.75. The highest BCUT2D eigenvalue weighted by Crippen LogP contribution is 2.25. The van der Waals surface area contributed by atoms with Gasteiger partial charge in [-0.15, -0.1) is 0 Å². The summed E-state index contributed by atoms with van der Waals surface area (Å²) in [5.74, 6) is 0.844. The zero-order chi connectivity index (χ0) is 12.7. The maximum Gasteiger partial charge on any atom is 0.129 e. The van der Waals surface area contributed by atoms with Gasteiger partial charge in [-0.05, 0) is 19.3 Å². The Kier molecular flexibility index (Phi) is 5.35. The molecule has 0 spiro atoms. The highest BCUT2D eigenvalue weighted by molar-refractivity contribution is 5.35. The van der Waals surface area contributed by atoms with Crippen molar-refractivity contribution in [3.63, 3.8) is 0 Å². The molecule has 1 heterocycles. The van der Waals surface area contributed by atoms with E-state index < -0.39 is 0 Å². The van der Waals surface area contributed by atoms with Crippen LogP contribution in [0.25, 0.3) is 0 Å². The van der Waals surface area contributed by atoms with Gasteiger partial charge in [0.05, 0.1) is 6.61 Å². The Morgan fingerprint density at radius 2 is 1.94 bits per heavy atom. The van der Waals surface area contributed by atoms with E-state index in [9.17, 15) is 5.11 Å². The number of hydrogen-bond donors (Lipinski definition) is 2. The van der Waals surface area contributed by atoms with E-state index in [1.807, 2.05) is 6.07 Å². The summed E-state index contributed by atoms with van der Waals surface area (Å²) in [6.07, 6.45) is 4.40. The maximum atomic E-state index is 9.48. The first kappa shape index (κ1) is 13.9. The molecule has 0 aliphatic rings. The first-order valence-corrected chi connectivity index (χ1v) is 6.35. The van der Waals surface area contributed by atoms with E-state index in [1.165, 1.54) is 0 Å². The minimum absolute atomic E-state index is 0.0443. The molecule has 96 valence electrons. The Bertz CT molecular complexity index is 329. The Labute approximate surface area is 103 Å². The van der Waals surface area contributed by atoms with Gasteiger partial charge in [0.1, 0.15) is 12.1 Å². The van der Waals surface area contributed by atoms with Crippen LogP contribution in [0.4, 0.5) is 5.82 Å². The maximum absolute atomic E-state index is 9.48. The van der Waals surface area contributed by atoms with E-state index in [4.69, 9.17) is 0 Å². The number of aliphatic hydroxyl groups excluding tert-OH is 1. The third-order valence-corrected chi connectivity index (χ3v) is 3.57. The lowest BCUT2D eigenvalue weighted by molar-refractivity contribution is 0.127. The van der Waals surface area contributed by atoms with Crippen molar-refractivity contribution in [1.82, 2.24) is 9.97 Å². The Morgan fingerprint density at radius 1 is 1.24 bits per heavy atom. The van der Waals surface area contributed by atoms with Crippen LogP contribution in [0.5, 0.6) is 0 Å². The standard InChI is InChI=1S/C13H23N3O/c1-4-11-7-12(16-10-15-11)14-8-13(5-2,6-3)9-17/h7,10,17H,4-6,8-9H2,1-3H3,(H,14,15,16). The van der Waals surface area contributed by atoms with Gasteiger partial charge in [-0.3, -0.25) is 0 Å². The molecule has 4 heteroatoms. The molecule has 0 bridgehead atoms. The minimum Gasteiger partial charge on any atom is -0.396 e. The molecule has 0 aliphatic carbocycles. The highest BCUT2D eigenvalue weighted by Gasteiger charge is 2.24. The smallest absolute Gasteiger partial charge is 0.129 e. The van der Waals surface area contributed by atoms with Crippen LogP contribution in [0.3, 0.4) is 0 Å². The molecular weight excluding hydrogens is 214 g/mol. The summed E-state index contributed by atoms with van der Waals surface area (Å²) in [5, 5.41) is 12.8. The lowest BCUT2D eigenvalue weighted by atomic mass is 9.83. The van der Waals surface area contributed by atoms with E-state index >= 15 is 0 Å². The van der Waals surface area contributed by atoms with Crippen LogP contribution >= 0.6 is 0 Å². The Morgan fingerprint density at radius 3 is 2.47 bits per heavy atom. The van der Waals surface area contributed by atoms with Gasteiger partial charge in [0, 0.05) is 23.7 Å². The molecule has 2 N–H and O–H groups in total. The van der Waals surface area contributed by atoms with Crippen LogP contribution in [-0.2, 0) is 6.42 Å². The van der Waals surface area contributed by atoms with Crippen molar-refractivity contribution in [2.45, 2.75) is 40.0 Å². The van der Waals surface area contributed by atoms with Gasteiger partial charge in [0.15, 0.2) is 0 Å². The van der Waals surface area contributed by atoms with Gasteiger partial charge in [-0.25, -0.2) is 9.97 Å². The number of rotatable bonds is 7. The van der Waals surface area contributed by atoms with Crippen molar-refractivity contribution in [1.29, 1.82) is 0 Å². The Balaban J connectivity index is 2.65. The number of aromatic nitrogens is 2. The molecule has 4 nitrogen and oxygen atoms in total. The minimum atomic E-state index is -0.0443. The number of hydrogen-bond acceptors (Lipinski definition) is 4. The highest BCUT2D eigenvalue weighted by atomic mass is 16.3. The molecule has 0 aliphatic heterocycles. The largest absolute Gasteiger partial charge is 0.396 e. The second kappa shape index (κ2) is 6.55. The number of aryl methyl sites for hydroxylation is 1. The molecule has 1 aromatic heterocycles. The molecular formula is C13H23N3O. The fourth-order valence-corrected chi connectivity index (χ4v) is 1.75. The van der Waals surface area contributed by atoms with Gasteiger partial charge in [0.2, 0.25) is 0 Å². The van der Waals surface area contributed by atoms with Crippen LogP contribution in [0.1, 0.15) is 39.3 Å². The van der Waals surface area contributed by atoms with Gasteiger partial charge < -0.3 is 10.4 Å². The van der Waals surface area contributed by atoms with Crippen molar-refractivity contribution >= 4 is 5.82 Å². The first-order valence-electron chi connectivity index (χ1n) is 6.35. The Hall–Kier alpha value is -1.16. The van der Waals surface area contributed by atoms with Crippen molar-refractivity contribution in [3.05, 3.63) is 18.1 Å². The fraction of sp³-hybridized carbons (Fsp3) is 0.692. The van der Waals surface area contributed by atoms with E-state index in [1.54, 1.807) is 6.33 Å². The number of nitrogens with zero attached hydrogens (tertiary/aromatic N) is 2. The summed E-state index contributed by atoms with van der Waals surface area (Å²) in [5.41, 5.74) is 0.988. The summed E-state index contributed by atoms with van der Waals surface area (Å²) in [6, 6.07) is 1.97. The first-order chi connectivity index (χ1) is 8.19. The van der Waals surface area contributed by atoms with Crippen LogP contribution in [0.2, 0.25) is 0 Å². The zero-order valence-corrected chi connectivity index (χ0v) is 11.0. The van der Waals surface area contributed by atoms with E-state index in [0.29, 0.717) is 0 Å². The second-order valence-corrected chi connectivity index (χ2v) is 4.47. The molecule has 0 saturated carbocycles. The normalized spacial score (nSPS) is 11.5.